The summed E-state index contributed by atoms with van der Waals surface area (Å²) in [7, 11) is 0. The molecular formula is C22H24N8O4S. The number of nitro benzene ring substituents is 1. The van der Waals surface area contributed by atoms with E-state index in [0.717, 1.165) is 5.69 Å². The van der Waals surface area contributed by atoms with Crippen molar-refractivity contribution in [1.29, 1.82) is 0 Å². The van der Waals surface area contributed by atoms with Gasteiger partial charge in [0, 0.05) is 36.2 Å². The molecule has 0 bridgehead atoms. The maximum Gasteiger partial charge on any atom is 0.283 e. The van der Waals surface area contributed by atoms with Crippen LogP contribution in [0.25, 0.3) is 0 Å². The molecule has 0 saturated carbocycles. The van der Waals surface area contributed by atoms with Gasteiger partial charge in [0.15, 0.2) is 0 Å². The molecule has 0 spiro atoms. The van der Waals surface area contributed by atoms with Crippen molar-refractivity contribution in [1.82, 2.24) is 15.0 Å². The number of nitrogens with one attached hydrogen (secondary N) is 2. The Morgan fingerprint density at radius 1 is 1.14 bits per heavy atom. The number of benzene rings is 2. The van der Waals surface area contributed by atoms with Gasteiger partial charge in [-0.15, -0.1) is 11.8 Å². The van der Waals surface area contributed by atoms with Crippen LogP contribution in [0.1, 0.15) is 5.56 Å². The van der Waals surface area contributed by atoms with E-state index < -0.39 is 4.92 Å². The van der Waals surface area contributed by atoms with Gasteiger partial charge in [-0.25, -0.2) is 5.43 Å². The van der Waals surface area contributed by atoms with Gasteiger partial charge in [0.2, 0.25) is 17.8 Å². The summed E-state index contributed by atoms with van der Waals surface area (Å²) in [6.07, 6.45) is 1.45. The third kappa shape index (κ3) is 6.85. The summed E-state index contributed by atoms with van der Waals surface area (Å²) in [5.41, 5.74) is 4.11. The second kappa shape index (κ2) is 12.1. The number of nitrogens with zero attached hydrogens (tertiary/aromatic N) is 6. The third-order valence-corrected chi connectivity index (χ3v) is 5.90. The zero-order valence-corrected chi connectivity index (χ0v) is 19.5. The van der Waals surface area contributed by atoms with Crippen LogP contribution >= 0.6 is 11.8 Å². The van der Waals surface area contributed by atoms with Crippen molar-refractivity contribution in [2.45, 2.75) is 4.90 Å². The predicted molar refractivity (Wildman–Crippen MR) is 135 cm³/mol. The van der Waals surface area contributed by atoms with Crippen molar-refractivity contribution in [2.24, 2.45) is 5.10 Å². The van der Waals surface area contributed by atoms with Gasteiger partial charge < -0.3 is 20.1 Å². The zero-order valence-electron chi connectivity index (χ0n) is 18.7. The van der Waals surface area contributed by atoms with E-state index >= 15 is 0 Å². The molecule has 0 amide bonds. The molecule has 1 aromatic heterocycles. The number of hydrogen-bond acceptors (Lipinski definition) is 12. The maximum atomic E-state index is 11.4. The lowest BCUT2D eigenvalue weighted by molar-refractivity contribution is -0.387. The van der Waals surface area contributed by atoms with Crippen LogP contribution in [0.4, 0.5) is 29.2 Å². The van der Waals surface area contributed by atoms with Crippen LogP contribution < -0.4 is 15.6 Å². The minimum Gasteiger partial charge on any atom is -0.396 e. The van der Waals surface area contributed by atoms with Crippen LogP contribution in [0.5, 0.6) is 0 Å². The molecule has 2 heterocycles. The Hall–Kier alpha value is -3.81. The largest absolute Gasteiger partial charge is 0.396 e. The third-order valence-electron chi connectivity index (χ3n) is 4.85. The molecule has 3 N–H and O–H groups in total. The first-order chi connectivity index (χ1) is 17.1. The number of morpholine rings is 1. The Kier molecular flexibility index (Phi) is 8.38. The first-order valence-corrected chi connectivity index (χ1v) is 11.8. The molecule has 12 nitrogen and oxygen atoms in total. The number of thioether (sulfide) groups is 1. The number of hydrogen-bond donors (Lipinski definition) is 3. The summed E-state index contributed by atoms with van der Waals surface area (Å²) >= 11 is 1.22. The lowest BCUT2D eigenvalue weighted by Crippen LogP contribution is -2.37. The fourth-order valence-electron chi connectivity index (χ4n) is 3.23. The van der Waals surface area contributed by atoms with Gasteiger partial charge in [-0.2, -0.15) is 20.1 Å². The maximum absolute atomic E-state index is 11.4. The fraction of sp³-hybridized carbons (Fsp3) is 0.273. The smallest absolute Gasteiger partial charge is 0.283 e. The lowest BCUT2D eigenvalue weighted by atomic mass is 10.2. The van der Waals surface area contributed by atoms with Crippen LogP contribution in [0.3, 0.4) is 0 Å². The van der Waals surface area contributed by atoms with E-state index in [-0.39, 0.29) is 18.2 Å². The molecule has 182 valence electrons. The molecule has 0 unspecified atom stereocenters. The number of rotatable bonds is 10. The Labute approximate surface area is 205 Å². The van der Waals surface area contributed by atoms with E-state index in [9.17, 15) is 10.1 Å². The van der Waals surface area contributed by atoms with Crippen LogP contribution in [-0.4, -0.2) is 69.9 Å². The molecule has 4 rings (SSSR count). The number of hydrazone groups is 1. The van der Waals surface area contributed by atoms with E-state index in [4.69, 9.17) is 9.84 Å². The molecule has 3 aromatic rings. The summed E-state index contributed by atoms with van der Waals surface area (Å²) in [5, 5.41) is 27.8. The first-order valence-electron chi connectivity index (χ1n) is 10.8. The summed E-state index contributed by atoms with van der Waals surface area (Å²) in [6, 6.07) is 14.3. The molecule has 0 aliphatic carbocycles. The highest BCUT2D eigenvalue weighted by Gasteiger charge is 2.17. The number of aliphatic hydroxyl groups is 1. The van der Waals surface area contributed by atoms with Crippen LogP contribution in [0, 0.1) is 10.1 Å². The summed E-state index contributed by atoms with van der Waals surface area (Å²) in [5.74, 6) is 1.44. The molecule has 1 fully saturated rings. The Bertz CT molecular complexity index is 1180. The highest BCUT2D eigenvalue weighted by molar-refractivity contribution is 7.99. The van der Waals surface area contributed by atoms with Crippen LogP contribution in [0.15, 0.2) is 58.5 Å². The van der Waals surface area contributed by atoms with Crippen LogP contribution in [-0.2, 0) is 4.74 Å². The zero-order chi connectivity index (χ0) is 24.5. The minimum absolute atomic E-state index is 0.0449. The molecule has 13 heteroatoms. The quantitative estimate of drug-likeness (QED) is 0.164. The first kappa shape index (κ1) is 24.3. The molecule has 0 radical (unpaired) electrons. The van der Waals surface area contributed by atoms with Crippen molar-refractivity contribution in [2.75, 3.05) is 54.3 Å². The topological polar surface area (TPSA) is 151 Å². The van der Waals surface area contributed by atoms with Gasteiger partial charge in [0.1, 0.15) is 0 Å². The van der Waals surface area contributed by atoms with E-state index in [1.807, 2.05) is 35.2 Å². The number of aromatic nitrogens is 3. The van der Waals surface area contributed by atoms with Gasteiger partial charge >= 0.3 is 0 Å². The lowest BCUT2D eigenvalue weighted by Gasteiger charge is -2.27. The van der Waals surface area contributed by atoms with Crippen molar-refractivity contribution in [3.63, 3.8) is 0 Å². The molecule has 1 aliphatic rings. The van der Waals surface area contributed by atoms with Gasteiger partial charge in [-0.3, -0.25) is 10.1 Å². The van der Waals surface area contributed by atoms with Crippen LogP contribution in [0.2, 0.25) is 0 Å². The molecule has 1 saturated heterocycles. The van der Waals surface area contributed by atoms with Gasteiger partial charge in [0.05, 0.1) is 35.9 Å². The second-order valence-electron chi connectivity index (χ2n) is 7.30. The van der Waals surface area contributed by atoms with Crippen molar-refractivity contribution in [3.05, 3.63) is 64.2 Å². The Morgan fingerprint density at radius 3 is 2.66 bits per heavy atom. The fourth-order valence-corrected chi connectivity index (χ4v) is 3.98. The minimum atomic E-state index is -0.452. The molecule has 1 aliphatic heterocycles. The predicted octanol–water partition coefficient (Wildman–Crippen LogP) is 2.89. The summed E-state index contributed by atoms with van der Waals surface area (Å²) < 4.78 is 5.42. The molecule has 2 aromatic carbocycles. The van der Waals surface area contributed by atoms with Gasteiger partial charge in [0.25, 0.3) is 5.69 Å². The summed E-state index contributed by atoms with van der Waals surface area (Å²) in [4.78, 5) is 26.9. The Morgan fingerprint density at radius 2 is 1.91 bits per heavy atom. The normalized spacial score (nSPS) is 13.7. The second-order valence-corrected chi connectivity index (χ2v) is 8.44. The monoisotopic (exact) mass is 496 g/mol. The van der Waals surface area contributed by atoms with Crippen molar-refractivity contribution >= 4 is 47.2 Å². The molecular weight excluding hydrogens is 472 g/mol. The number of nitro groups is 1. The van der Waals surface area contributed by atoms with Crippen molar-refractivity contribution in [3.8, 4) is 0 Å². The van der Waals surface area contributed by atoms with E-state index in [2.05, 4.69) is 30.8 Å². The molecule has 0 atom stereocenters. The standard InChI is InChI=1S/C22H24N8O4S/c31-10-13-35-19-7-6-16(14-18(19)30(32)33)15-23-28-21-25-20(24-17-4-2-1-3-5-17)26-22(27-21)29-8-11-34-12-9-29/h1-7,14-15,31H,8-13H2,(H2,24,25,26,27,28). The number of aliphatic hydroxyl groups excluding tert-OH is 1. The number of anilines is 4. The number of para-hydroxylation sites is 1. The van der Waals surface area contributed by atoms with Gasteiger partial charge in [-0.1, -0.05) is 24.3 Å². The van der Waals surface area contributed by atoms with Crippen molar-refractivity contribution < 1.29 is 14.8 Å². The highest BCUT2D eigenvalue weighted by Crippen LogP contribution is 2.29. The average Bonchev–Trinajstić information content (AvgIpc) is 2.89. The average molecular weight is 497 g/mol. The van der Waals surface area contributed by atoms with Gasteiger partial charge in [-0.05, 0) is 18.2 Å². The molecule has 35 heavy (non-hydrogen) atoms. The highest BCUT2D eigenvalue weighted by atomic mass is 32.2. The van der Waals surface area contributed by atoms with E-state index in [0.29, 0.717) is 54.4 Å². The van der Waals surface area contributed by atoms with E-state index in [1.165, 1.54) is 24.0 Å². The van der Waals surface area contributed by atoms with E-state index in [1.54, 1.807) is 12.1 Å². The summed E-state index contributed by atoms with van der Waals surface area (Å²) in [6.45, 7) is 2.41. The SMILES string of the molecule is O=[N+]([O-])c1cc(C=NNc2nc(Nc3ccccc3)nc(N3CCOCC3)n2)ccc1SCCO. The number of ether oxygens (including phenoxy) is 1. The Balaban J connectivity index is 1.54.